The second kappa shape index (κ2) is 11.6. The molecule has 0 radical (unpaired) electrons. The molecule has 0 aromatic heterocycles. The van der Waals surface area contributed by atoms with Crippen LogP contribution in [0.3, 0.4) is 0 Å². The van der Waals surface area contributed by atoms with Crippen LogP contribution in [0.25, 0.3) is 0 Å². The molecule has 1 aliphatic heterocycles. The molecular weight excluding hydrogens is 494 g/mol. The molecule has 2 aliphatic rings. The van der Waals surface area contributed by atoms with Crippen molar-refractivity contribution in [2.75, 3.05) is 17.2 Å². The second-order valence-electron chi connectivity index (χ2n) is 9.28. The Morgan fingerprint density at radius 2 is 1.68 bits per heavy atom. The number of hydrogen-bond acceptors (Lipinski definition) is 6. The number of rotatable bonds is 8. The van der Waals surface area contributed by atoms with E-state index in [1.165, 1.54) is 4.90 Å². The Morgan fingerprint density at radius 1 is 1.00 bits per heavy atom. The fourth-order valence-corrected chi connectivity index (χ4v) is 4.72. The van der Waals surface area contributed by atoms with Gasteiger partial charge in [0.05, 0.1) is 12.2 Å². The number of hydrogen-bond donors (Lipinski definition) is 2. The van der Waals surface area contributed by atoms with Crippen LogP contribution in [-0.4, -0.2) is 41.2 Å². The van der Waals surface area contributed by atoms with Crippen LogP contribution in [0.5, 0.6) is 0 Å². The molecule has 0 spiro atoms. The molecule has 1 heterocycles. The number of nitrogens with zero attached hydrogens (tertiary/aromatic N) is 1. The number of benzene rings is 2. The maximum absolute atomic E-state index is 13.1. The number of carbonyl (C=O) groups excluding carboxylic acids is 4. The fourth-order valence-electron chi connectivity index (χ4n) is 4.50. The third kappa shape index (κ3) is 5.85. The summed E-state index contributed by atoms with van der Waals surface area (Å²) in [5, 5.41) is 5.67. The molecule has 8 nitrogen and oxygen atoms in total. The van der Waals surface area contributed by atoms with E-state index in [9.17, 15) is 19.2 Å². The van der Waals surface area contributed by atoms with Crippen LogP contribution in [0.4, 0.5) is 11.4 Å². The fraction of sp³-hybridized carbons (Fsp3) is 0.357. The summed E-state index contributed by atoms with van der Waals surface area (Å²) in [6.07, 6.45) is 5.35. The van der Waals surface area contributed by atoms with Gasteiger partial charge in [0.2, 0.25) is 0 Å². The number of aryl methyl sites for hydroxylation is 1. The standard InChI is InChI=1S/C28H30ClN3O5/c1-3-15-37-28(36)18-11-13-20(14-12-18)30-25(33)19-10-9-17(2)22(16-19)31-24-23(29)26(34)32(27(24)35)21-7-5-4-6-8-21/h9-14,16,21,31H,3-8,15H2,1-2H3,(H,30,33). The van der Waals surface area contributed by atoms with Crippen LogP contribution in [0.2, 0.25) is 0 Å². The Bertz CT molecular complexity index is 1250. The zero-order chi connectivity index (χ0) is 26.5. The zero-order valence-electron chi connectivity index (χ0n) is 20.9. The quantitative estimate of drug-likeness (QED) is 0.355. The topological polar surface area (TPSA) is 105 Å². The summed E-state index contributed by atoms with van der Waals surface area (Å²) in [5.74, 6) is -1.70. The first-order valence-electron chi connectivity index (χ1n) is 12.5. The maximum atomic E-state index is 13.1. The number of nitrogens with one attached hydrogen (secondary N) is 2. The van der Waals surface area contributed by atoms with Crippen molar-refractivity contribution in [1.82, 2.24) is 4.90 Å². The van der Waals surface area contributed by atoms with E-state index in [1.54, 1.807) is 42.5 Å². The van der Waals surface area contributed by atoms with Gasteiger partial charge in [-0.05, 0) is 68.1 Å². The lowest BCUT2D eigenvalue weighted by atomic mass is 9.94. The van der Waals surface area contributed by atoms with Crippen LogP contribution >= 0.6 is 11.6 Å². The van der Waals surface area contributed by atoms with E-state index < -0.39 is 17.8 Å². The molecule has 2 aromatic carbocycles. The molecule has 2 aromatic rings. The Labute approximate surface area is 221 Å². The molecule has 0 atom stereocenters. The molecule has 0 bridgehead atoms. The molecule has 0 unspecified atom stereocenters. The molecule has 37 heavy (non-hydrogen) atoms. The number of carbonyl (C=O) groups is 4. The van der Waals surface area contributed by atoms with Gasteiger partial charge in [-0.25, -0.2) is 4.79 Å². The average molecular weight is 524 g/mol. The van der Waals surface area contributed by atoms with Gasteiger partial charge >= 0.3 is 5.97 Å². The van der Waals surface area contributed by atoms with E-state index in [1.807, 2.05) is 13.8 Å². The average Bonchev–Trinajstić information content (AvgIpc) is 3.12. The Balaban J connectivity index is 1.46. The van der Waals surface area contributed by atoms with Gasteiger partial charge < -0.3 is 15.4 Å². The van der Waals surface area contributed by atoms with E-state index in [4.69, 9.17) is 16.3 Å². The SMILES string of the molecule is CCCOC(=O)c1ccc(NC(=O)c2ccc(C)c(NC3=C(Cl)C(=O)N(C4CCCCC4)C3=O)c2)cc1. The van der Waals surface area contributed by atoms with Crippen molar-refractivity contribution < 1.29 is 23.9 Å². The summed E-state index contributed by atoms with van der Waals surface area (Å²) in [6, 6.07) is 11.3. The van der Waals surface area contributed by atoms with Crippen molar-refractivity contribution in [2.24, 2.45) is 0 Å². The maximum Gasteiger partial charge on any atom is 0.338 e. The predicted octanol–water partition coefficient (Wildman–Crippen LogP) is 5.38. The summed E-state index contributed by atoms with van der Waals surface area (Å²) >= 11 is 6.31. The molecule has 1 fully saturated rings. The monoisotopic (exact) mass is 523 g/mol. The highest BCUT2D eigenvalue weighted by Crippen LogP contribution is 2.33. The van der Waals surface area contributed by atoms with Crippen LogP contribution in [0.1, 0.15) is 71.7 Å². The van der Waals surface area contributed by atoms with Crippen molar-refractivity contribution in [1.29, 1.82) is 0 Å². The number of esters is 1. The smallest absolute Gasteiger partial charge is 0.338 e. The van der Waals surface area contributed by atoms with Crippen molar-refractivity contribution >= 4 is 46.7 Å². The second-order valence-corrected chi connectivity index (χ2v) is 9.66. The summed E-state index contributed by atoms with van der Waals surface area (Å²) in [6.45, 7) is 4.09. The molecule has 1 saturated carbocycles. The first kappa shape index (κ1) is 26.4. The van der Waals surface area contributed by atoms with Crippen LogP contribution in [0.15, 0.2) is 53.2 Å². The minimum absolute atomic E-state index is 0.0310. The van der Waals surface area contributed by atoms with E-state index in [0.29, 0.717) is 29.1 Å². The van der Waals surface area contributed by atoms with E-state index in [-0.39, 0.29) is 22.7 Å². The minimum atomic E-state index is -0.477. The lowest BCUT2D eigenvalue weighted by Gasteiger charge is -2.29. The van der Waals surface area contributed by atoms with Crippen molar-refractivity contribution in [3.05, 3.63) is 69.9 Å². The summed E-state index contributed by atoms with van der Waals surface area (Å²) < 4.78 is 5.11. The van der Waals surface area contributed by atoms with Gasteiger partial charge in [0.15, 0.2) is 0 Å². The number of amides is 3. The molecule has 3 amide bonds. The van der Waals surface area contributed by atoms with E-state index in [2.05, 4.69) is 10.6 Å². The van der Waals surface area contributed by atoms with Crippen molar-refractivity contribution in [3.63, 3.8) is 0 Å². The van der Waals surface area contributed by atoms with E-state index in [0.717, 1.165) is 44.1 Å². The normalized spacial score (nSPS) is 16.2. The summed E-state index contributed by atoms with van der Waals surface area (Å²) in [4.78, 5) is 52.1. The summed E-state index contributed by atoms with van der Waals surface area (Å²) in [5.41, 5.74) is 2.57. The Morgan fingerprint density at radius 3 is 2.35 bits per heavy atom. The number of ether oxygens (including phenoxy) is 1. The number of halogens is 1. The highest BCUT2D eigenvalue weighted by molar-refractivity contribution is 6.48. The summed E-state index contributed by atoms with van der Waals surface area (Å²) in [7, 11) is 0. The van der Waals surface area contributed by atoms with Crippen molar-refractivity contribution in [2.45, 2.75) is 58.4 Å². The molecule has 4 rings (SSSR count). The van der Waals surface area contributed by atoms with Gasteiger partial charge in [0.25, 0.3) is 17.7 Å². The zero-order valence-corrected chi connectivity index (χ0v) is 21.7. The van der Waals surface area contributed by atoms with Gasteiger partial charge in [0, 0.05) is 23.0 Å². The van der Waals surface area contributed by atoms with Gasteiger partial charge in [0.1, 0.15) is 10.7 Å². The number of anilines is 2. The van der Waals surface area contributed by atoms with Gasteiger partial charge in [-0.2, -0.15) is 0 Å². The molecule has 1 aliphatic carbocycles. The predicted molar refractivity (Wildman–Crippen MR) is 141 cm³/mol. The largest absolute Gasteiger partial charge is 0.462 e. The van der Waals surface area contributed by atoms with Gasteiger partial charge in [-0.1, -0.05) is 43.9 Å². The third-order valence-electron chi connectivity index (χ3n) is 6.57. The molecular formula is C28H30ClN3O5. The van der Waals surface area contributed by atoms with E-state index >= 15 is 0 Å². The Kier molecular flexibility index (Phi) is 8.28. The van der Waals surface area contributed by atoms with Crippen LogP contribution in [-0.2, 0) is 14.3 Å². The van der Waals surface area contributed by atoms with Gasteiger partial charge in [-0.3, -0.25) is 19.3 Å². The minimum Gasteiger partial charge on any atom is -0.462 e. The third-order valence-corrected chi connectivity index (χ3v) is 6.92. The lowest BCUT2D eigenvalue weighted by molar-refractivity contribution is -0.140. The van der Waals surface area contributed by atoms with Gasteiger partial charge in [-0.15, -0.1) is 0 Å². The number of imide groups is 1. The molecule has 2 N–H and O–H groups in total. The first-order valence-corrected chi connectivity index (χ1v) is 12.9. The molecule has 0 saturated heterocycles. The lowest BCUT2D eigenvalue weighted by Crippen LogP contribution is -2.42. The highest BCUT2D eigenvalue weighted by Gasteiger charge is 2.42. The van der Waals surface area contributed by atoms with Crippen molar-refractivity contribution in [3.8, 4) is 0 Å². The molecule has 194 valence electrons. The first-order chi connectivity index (χ1) is 17.8. The van der Waals surface area contributed by atoms with Crippen LogP contribution < -0.4 is 10.6 Å². The Hall–Kier alpha value is -3.65. The highest BCUT2D eigenvalue weighted by atomic mass is 35.5. The van der Waals surface area contributed by atoms with Crippen LogP contribution in [0, 0.1) is 6.92 Å². The molecule has 9 heteroatoms.